The Morgan fingerprint density at radius 3 is 2.28 bits per heavy atom. The average Bonchev–Trinajstić information content (AvgIpc) is 2.61. The molecule has 9 heteroatoms. The maximum Gasteiger partial charge on any atom is 0.251 e. The largest absolute Gasteiger partial charge is 0.251 e. The standard InChI is InChI=1S/C9H14BrNO4S3/c1-9(2,17(3,12)13)6-11-18(14,15)8-7(10)4-5-16-8/h4-5,11H,6H2,1-3H3. The molecule has 18 heavy (non-hydrogen) atoms. The summed E-state index contributed by atoms with van der Waals surface area (Å²) in [5.74, 6) is 0. The van der Waals surface area contributed by atoms with Gasteiger partial charge in [-0.2, -0.15) is 0 Å². The molecule has 0 radical (unpaired) electrons. The van der Waals surface area contributed by atoms with Gasteiger partial charge in [-0.1, -0.05) is 0 Å². The third-order valence-electron chi connectivity index (χ3n) is 2.52. The summed E-state index contributed by atoms with van der Waals surface area (Å²) in [7, 11) is -7.02. The van der Waals surface area contributed by atoms with Gasteiger partial charge in [-0.3, -0.25) is 0 Å². The lowest BCUT2D eigenvalue weighted by Gasteiger charge is -2.22. The summed E-state index contributed by atoms with van der Waals surface area (Å²) in [5.41, 5.74) is 0. The van der Waals surface area contributed by atoms with Crippen LogP contribution in [0.15, 0.2) is 20.1 Å². The van der Waals surface area contributed by atoms with Gasteiger partial charge in [0, 0.05) is 17.3 Å². The summed E-state index contributed by atoms with van der Waals surface area (Å²) in [4.78, 5) is 0. The second-order valence-corrected chi connectivity index (χ2v) is 10.8. The first-order valence-corrected chi connectivity index (χ1v) is 9.94. The summed E-state index contributed by atoms with van der Waals surface area (Å²) in [5, 5.41) is 1.64. The molecule has 1 rings (SSSR count). The molecule has 1 aromatic heterocycles. The van der Waals surface area contributed by atoms with Gasteiger partial charge in [0.2, 0.25) is 0 Å². The Morgan fingerprint density at radius 2 is 1.89 bits per heavy atom. The number of sulfonamides is 1. The summed E-state index contributed by atoms with van der Waals surface area (Å²) >= 11 is 4.20. The van der Waals surface area contributed by atoms with E-state index in [4.69, 9.17) is 0 Å². The van der Waals surface area contributed by atoms with Crippen LogP contribution in [0.5, 0.6) is 0 Å². The fourth-order valence-electron chi connectivity index (χ4n) is 0.937. The van der Waals surface area contributed by atoms with Crippen LogP contribution in [0.2, 0.25) is 0 Å². The Kier molecular flexibility index (Phi) is 4.65. The lowest BCUT2D eigenvalue weighted by Crippen LogP contribution is -2.43. The molecular formula is C9H14BrNO4S3. The summed E-state index contributed by atoms with van der Waals surface area (Å²) in [6.45, 7) is 2.79. The molecule has 1 N–H and O–H groups in total. The summed E-state index contributed by atoms with van der Waals surface area (Å²) in [6.07, 6.45) is 1.09. The lowest BCUT2D eigenvalue weighted by atomic mass is 10.2. The minimum absolute atomic E-state index is 0.145. The molecule has 1 aromatic rings. The van der Waals surface area contributed by atoms with Gasteiger partial charge in [-0.05, 0) is 41.2 Å². The molecule has 0 aromatic carbocycles. The van der Waals surface area contributed by atoms with E-state index in [2.05, 4.69) is 20.7 Å². The van der Waals surface area contributed by atoms with E-state index in [0.29, 0.717) is 4.47 Å². The minimum Gasteiger partial charge on any atom is -0.229 e. The molecule has 0 amide bonds. The van der Waals surface area contributed by atoms with Gasteiger partial charge in [0.05, 0.1) is 4.75 Å². The highest BCUT2D eigenvalue weighted by Crippen LogP contribution is 2.27. The predicted molar refractivity (Wildman–Crippen MR) is 76.1 cm³/mol. The number of sulfone groups is 1. The third-order valence-corrected chi connectivity index (χ3v) is 8.74. The van der Waals surface area contributed by atoms with E-state index < -0.39 is 24.6 Å². The van der Waals surface area contributed by atoms with Crippen LogP contribution in [0, 0.1) is 0 Å². The first kappa shape index (κ1) is 16.1. The minimum atomic E-state index is -3.68. The number of halogens is 1. The molecule has 0 atom stereocenters. The van der Waals surface area contributed by atoms with Crippen molar-refractivity contribution in [3.05, 3.63) is 15.9 Å². The van der Waals surface area contributed by atoms with Crippen LogP contribution in [0.3, 0.4) is 0 Å². The Hall–Kier alpha value is 0.0400. The van der Waals surface area contributed by atoms with Gasteiger partial charge >= 0.3 is 0 Å². The van der Waals surface area contributed by atoms with E-state index in [-0.39, 0.29) is 10.8 Å². The molecule has 0 aliphatic rings. The van der Waals surface area contributed by atoms with Crippen molar-refractivity contribution in [3.8, 4) is 0 Å². The van der Waals surface area contributed by atoms with Gasteiger partial charge in [0.15, 0.2) is 9.84 Å². The van der Waals surface area contributed by atoms with Gasteiger partial charge in [-0.25, -0.2) is 21.6 Å². The van der Waals surface area contributed by atoms with Gasteiger partial charge in [0.1, 0.15) is 4.21 Å². The molecule has 0 unspecified atom stereocenters. The zero-order valence-electron chi connectivity index (χ0n) is 10.1. The van der Waals surface area contributed by atoms with Crippen LogP contribution in [-0.2, 0) is 19.9 Å². The zero-order chi connectivity index (χ0) is 14.2. The van der Waals surface area contributed by atoms with Crippen molar-refractivity contribution in [2.45, 2.75) is 22.8 Å². The van der Waals surface area contributed by atoms with E-state index in [1.54, 1.807) is 11.4 Å². The first-order chi connectivity index (χ1) is 7.97. The van der Waals surface area contributed by atoms with Crippen LogP contribution in [-0.4, -0.2) is 34.4 Å². The summed E-state index contributed by atoms with van der Waals surface area (Å²) < 4.78 is 48.7. The average molecular weight is 376 g/mol. The molecule has 0 spiro atoms. The number of hydrogen-bond donors (Lipinski definition) is 1. The summed E-state index contributed by atoms with van der Waals surface area (Å²) in [6, 6.07) is 1.63. The van der Waals surface area contributed by atoms with Crippen molar-refractivity contribution in [1.29, 1.82) is 0 Å². The van der Waals surface area contributed by atoms with E-state index >= 15 is 0 Å². The normalized spacial score (nSPS) is 13.8. The van der Waals surface area contributed by atoms with Crippen molar-refractivity contribution in [1.82, 2.24) is 4.72 Å². The molecule has 0 bridgehead atoms. The smallest absolute Gasteiger partial charge is 0.229 e. The van der Waals surface area contributed by atoms with E-state index in [9.17, 15) is 16.8 Å². The highest BCUT2D eigenvalue weighted by molar-refractivity contribution is 9.10. The fourth-order valence-corrected chi connectivity index (χ4v) is 4.95. The third kappa shape index (κ3) is 3.53. The second kappa shape index (κ2) is 5.20. The zero-order valence-corrected chi connectivity index (χ0v) is 14.1. The molecule has 0 aliphatic carbocycles. The van der Waals surface area contributed by atoms with E-state index in [0.717, 1.165) is 17.6 Å². The van der Waals surface area contributed by atoms with Crippen molar-refractivity contribution < 1.29 is 16.8 Å². The molecule has 5 nitrogen and oxygen atoms in total. The van der Waals surface area contributed by atoms with Crippen molar-refractivity contribution >= 4 is 47.1 Å². The second-order valence-electron chi connectivity index (χ2n) is 4.41. The number of hydrogen-bond acceptors (Lipinski definition) is 5. The Morgan fingerprint density at radius 1 is 1.33 bits per heavy atom. The van der Waals surface area contributed by atoms with Crippen LogP contribution < -0.4 is 4.72 Å². The molecule has 0 saturated heterocycles. The Balaban J connectivity index is 2.92. The molecule has 1 heterocycles. The molecular weight excluding hydrogens is 362 g/mol. The number of rotatable bonds is 5. The quantitative estimate of drug-likeness (QED) is 0.847. The maximum atomic E-state index is 12.0. The molecule has 0 fully saturated rings. The predicted octanol–water partition coefficient (Wildman–Crippen LogP) is 1.61. The van der Waals surface area contributed by atoms with Crippen LogP contribution >= 0.6 is 27.3 Å². The Bertz CT molecular complexity index is 631. The van der Waals surface area contributed by atoms with Crippen molar-refractivity contribution in [3.63, 3.8) is 0 Å². The van der Waals surface area contributed by atoms with Crippen LogP contribution in [0.4, 0.5) is 0 Å². The van der Waals surface area contributed by atoms with Crippen LogP contribution in [0.1, 0.15) is 13.8 Å². The van der Waals surface area contributed by atoms with Crippen molar-refractivity contribution in [2.24, 2.45) is 0 Å². The van der Waals surface area contributed by atoms with Gasteiger partial charge in [-0.15, -0.1) is 11.3 Å². The topological polar surface area (TPSA) is 80.3 Å². The number of nitrogens with one attached hydrogen (secondary N) is 1. The SMILES string of the molecule is CC(C)(CNS(=O)(=O)c1sccc1Br)S(C)(=O)=O. The van der Waals surface area contributed by atoms with Gasteiger partial charge in [0.25, 0.3) is 10.0 Å². The fraction of sp³-hybridized carbons (Fsp3) is 0.556. The number of thiophene rings is 1. The van der Waals surface area contributed by atoms with E-state index in [1.807, 2.05) is 0 Å². The maximum absolute atomic E-state index is 12.0. The highest BCUT2D eigenvalue weighted by Gasteiger charge is 2.32. The van der Waals surface area contributed by atoms with E-state index in [1.165, 1.54) is 13.8 Å². The molecule has 104 valence electrons. The molecule has 0 aliphatic heterocycles. The molecule has 0 saturated carbocycles. The Labute approximate surface area is 120 Å². The van der Waals surface area contributed by atoms with Crippen LogP contribution in [0.25, 0.3) is 0 Å². The monoisotopic (exact) mass is 375 g/mol. The van der Waals surface area contributed by atoms with Gasteiger partial charge < -0.3 is 0 Å². The highest BCUT2D eigenvalue weighted by atomic mass is 79.9. The van der Waals surface area contributed by atoms with Crippen molar-refractivity contribution in [2.75, 3.05) is 12.8 Å². The lowest BCUT2D eigenvalue weighted by molar-refractivity contribution is 0.537. The first-order valence-electron chi connectivity index (χ1n) is 4.90.